The predicted octanol–water partition coefficient (Wildman–Crippen LogP) is 4.31. The van der Waals surface area contributed by atoms with Gasteiger partial charge in [0.2, 0.25) is 0 Å². The minimum atomic E-state index is 0. The molecule has 1 aliphatic carbocycles. The van der Waals surface area contributed by atoms with Gasteiger partial charge >= 0.3 is 99.2 Å². The number of aryl methyl sites for hydroxylation is 1. The minimum Gasteiger partial charge on any atom is -0.179 e. The van der Waals surface area contributed by atoms with Gasteiger partial charge in [-0.3, -0.25) is 0 Å². The zero-order valence-corrected chi connectivity index (χ0v) is 31.5. The largest absolute Gasteiger partial charge is 0.179 e. The van der Waals surface area contributed by atoms with Crippen LogP contribution in [0.25, 0.3) is 21.9 Å². The van der Waals surface area contributed by atoms with Gasteiger partial charge in [0.1, 0.15) is 11.5 Å². The van der Waals surface area contributed by atoms with Crippen LogP contribution in [-0.2, 0) is 30.7 Å². The number of ether oxygens (including phenoxy) is 2. The first-order chi connectivity index (χ1) is 21.8. The van der Waals surface area contributed by atoms with E-state index in [1.165, 1.54) is 77.2 Å². The fourth-order valence-electron chi connectivity index (χ4n) is 5.44. The zero-order valence-electron chi connectivity index (χ0n) is 27.6. The molecule has 47 heavy (non-hydrogen) atoms. The molecule has 240 valence electrons. The minimum absolute atomic E-state index is 0. The molecule has 0 aliphatic heterocycles. The maximum absolute atomic E-state index is 5.84. The smallest absolute Gasteiger partial charge is 0.0253 e. The van der Waals surface area contributed by atoms with Crippen LogP contribution in [0.15, 0.2) is 127 Å². The SMILES string of the molecule is Cc1cc2cc(OC(C)C)c(OC(C)C)cc2[cH-]1.[Cl-].[Cl-].[Zr+2]=[C](c1ccccc1)c1ccccc1.[c-]1cccc2c1Cc1ccccc1-2. The first-order valence-electron chi connectivity index (χ1n) is 15.6. The fraction of sp³-hybridized carbons (Fsp3) is 0.190. The summed E-state index contributed by atoms with van der Waals surface area (Å²) in [5.74, 6) is 1.66. The first kappa shape index (κ1) is 38.1. The molecule has 7 rings (SSSR count). The van der Waals surface area contributed by atoms with E-state index in [-0.39, 0.29) is 37.0 Å². The van der Waals surface area contributed by atoms with Crippen molar-refractivity contribution < 1.29 is 58.5 Å². The van der Waals surface area contributed by atoms with Crippen LogP contribution in [0.2, 0.25) is 0 Å². The van der Waals surface area contributed by atoms with Crippen molar-refractivity contribution in [2.24, 2.45) is 0 Å². The average Bonchev–Trinajstić information content (AvgIpc) is 3.61. The quantitative estimate of drug-likeness (QED) is 0.237. The molecule has 0 unspecified atom stereocenters. The Kier molecular flexibility index (Phi) is 14.8. The third-order valence-corrected chi connectivity index (χ3v) is 8.80. The Morgan fingerprint density at radius 3 is 1.81 bits per heavy atom. The maximum Gasteiger partial charge on any atom is -0.0253 e. The molecule has 0 fully saturated rings. The van der Waals surface area contributed by atoms with Crippen molar-refractivity contribution in [2.75, 3.05) is 0 Å². The van der Waals surface area contributed by atoms with Gasteiger partial charge in [0.05, 0.1) is 12.2 Å². The molecule has 0 amide bonds. The third kappa shape index (κ3) is 10.3. The molecule has 1 aliphatic rings. The van der Waals surface area contributed by atoms with Crippen molar-refractivity contribution in [3.63, 3.8) is 0 Å². The number of rotatable bonds is 6. The van der Waals surface area contributed by atoms with Gasteiger partial charge in [0.25, 0.3) is 0 Å². The molecule has 0 spiro atoms. The standard InChI is InChI=1S/C16H21O2.C13H9.C13H10.2ClH.Zr/c1-10(2)17-15-8-13-6-12(5)7-14(13)9-16(15)18-11(3)4;1-3-7-12-10(5-1)9-11-6-2-4-8-13(11)12;1-3-7-12(8-4-1)11-13-9-5-2-6-10-13;;;/h6-11H,1-5H3;1-5,7-8H,9H2;1-10H;2*1H;/q2*-1;;;;+2/p-2. The van der Waals surface area contributed by atoms with Gasteiger partial charge in [0, 0.05) is 0 Å². The summed E-state index contributed by atoms with van der Waals surface area (Å²) in [6.07, 6.45) is 1.34. The Labute approximate surface area is 307 Å². The van der Waals surface area contributed by atoms with E-state index >= 15 is 0 Å². The van der Waals surface area contributed by atoms with E-state index in [0.29, 0.717) is 0 Å². The van der Waals surface area contributed by atoms with Gasteiger partial charge in [0.15, 0.2) is 0 Å². The second-order valence-corrected chi connectivity index (χ2v) is 13.0. The van der Waals surface area contributed by atoms with E-state index in [4.69, 9.17) is 9.47 Å². The van der Waals surface area contributed by atoms with E-state index in [1.807, 2.05) is 33.8 Å². The summed E-state index contributed by atoms with van der Waals surface area (Å²) in [5, 5.41) is 2.42. The van der Waals surface area contributed by atoms with Crippen LogP contribution in [0.3, 0.4) is 0 Å². The zero-order chi connectivity index (χ0) is 31.8. The van der Waals surface area contributed by atoms with Crippen LogP contribution < -0.4 is 34.3 Å². The van der Waals surface area contributed by atoms with Crippen molar-refractivity contribution >= 4 is 14.0 Å². The summed E-state index contributed by atoms with van der Waals surface area (Å²) >= 11 is 1.46. The first-order valence-corrected chi connectivity index (χ1v) is 16.8. The molecule has 0 aromatic heterocycles. The molecular weight excluding hydrogens is 699 g/mol. The summed E-state index contributed by atoms with van der Waals surface area (Å²) in [6.45, 7) is 10.2. The predicted molar refractivity (Wildman–Crippen MR) is 185 cm³/mol. The number of fused-ring (bicyclic) bond motifs is 4. The molecule has 0 heterocycles. The Balaban J connectivity index is 0.000000190. The van der Waals surface area contributed by atoms with Crippen molar-refractivity contribution in [1.29, 1.82) is 0 Å². The molecule has 0 saturated carbocycles. The monoisotopic (exact) mass is 736 g/mol. The van der Waals surface area contributed by atoms with Crippen LogP contribution in [0.1, 0.15) is 55.5 Å². The normalized spacial score (nSPS) is 10.7. The number of hydrogen-bond donors (Lipinski definition) is 0. The Hall–Kier alpha value is -3.36. The molecule has 0 bridgehead atoms. The van der Waals surface area contributed by atoms with Crippen molar-refractivity contribution in [3.8, 4) is 22.6 Å². The number of halogens is 2. The molecular formula is C42H40Cl2O2Zr-2. The fourth-order valence-corrected chi connectivity index (χ4v) is 6.26. The number of benzene rings is 5. The van der Waals surface area contributed by atoms with E-state index in [0.717, 1.165) is 17.9 Å². The van der Waals surface area contributed by atoms with Gasteiger partial charge < -0.3 is 34.3 Å². The van der Waals surface area contributed by atoms with Gasteiger partial charge in [-0.05, 0) is 34.1 Å². The molecule has 2 nitrogen and oxygen atoms in total. The molecule has 0 radical (unpaired) electrons. The summed E-state index contributed by atoms with van der Waals surface area (Å²) in [6, 6.07) is 47.7. The maximum atomic E-state index is 5.84. The van der Waals surface area contributed by atoms with Gasteiger partial charge in [-0.15, -0.1) is 28.0 Å². The summed E-state index contributed by atoms with van der Waals surface area (Å²) in [7, 11) is 0. The van der Waals surface area contributed by atoms with Gasteiger partial charge in [-0.2, -0.15) is 35.9 Å². The number of hydrogen-bond acceptors (Lipinski definition) is 2. The van der Waals surface area contributed by atoms with Crippen molar-refractivity contribution in [3.05, 3.63) is 161 Å². The second kappa shape index (κ2) is 18.3. The molecule has 0 atom stereocenters. The van der Waals surface area contributed by atoms with Crippen molar-refractivity contribution in [2.45, 2.75) is 53.2 Å². The molecule has 5 heteroatoms. The van der Waals surface area contributed by atoms with E-state index < -0.39 is 0 Å². The van der Waals surface area contributed by atoms with E-state index in [1.54, 1.807) is 0 Å². The van der Waals surface area contributed by atoms with E-state index in [9.17, 15) is 0 Å². The van der Waals surface area contributed by atoms with Crippen molar-refractivity contribution in [1.82, 2.24) is 0 Å². The van der Waals surface area contributed by atoms with Crippen LogP contribution in [0.5, 0.6) is 11.5 Å². The van der Waals surface area contributed by atoms with E-state index in [2.05, 4.69) is 134 Å². The molecule has 0 N–H and O–H groups in total. The Morgan fingerprint density at radius 1 is 0.681 bits per heavy atom. The summed E-state index contributed by atoms with van der Waals surface area (Å²) in [4.78, 5) is 0. The molecule has 6 aromatic carbocycles. The summed E-state index contributed by atoms with van der Waals surface area (Å²) < 4.78 is 13.1. The molecule has 6 aromatic rings. The Morgan fingerprint density at radius 2 is 1.21 bits per heavy atom. The summed E-state index contributed by atoms with van der Waals surface area (Å²) in [5.41, 5.74) is 9.44. The molecule has 0 saturated heterocycles. The van der Waals surface area contributed by atoms with Crippen LogP contribution >= 0.6 is 0 Å². The Bertz CT molecular complexity index is 1730. The van der Waals surface area contributed by atoms with Crippen LogP contribution in [0, 0.1) is 13.0 Å². The third-order valence-electron chi connectivity index (χ3n) is 7.38. The topological polar surface area (TPSA) is 18.5 Å². The van der Waals surface area contributed by atoms with Gasteiger partial charge in [-0.25, -0.2) is 0 Å². The van der Waals surface area contributed by atoms with Crippen LogP contribution in [0.4, 0.5) is 0 Å². The van der Waals surface area contributed by atoms with Gasteiger partial charge in [-0.1, -0.05) is 54.4 Å². The average molecular weight is 739 g/mol. The van der Waals surface area contributed by atoms with Crippen LogP contribution in [-0.4, -0.2) is 15.4 Å². The second-order valence-electron chi connectivity index (χ2n) is 11.8.